The summed E-state index contributed by atoms with van der Waals surface area (Å²) in [6.07, 6.45) is 12.7. The molecular weight excluding hydrogens is 292 g/mol. The van der Waals surface area contributed by atoms with Gasteiger partial charge in [0.1, 0.15) is 0 Å². The molecule has 0 saturated heterocycles. The molecule has 0 nitrogen and oxygen atoms in total. The Morgan fingerprint density at radius 2 is 1.43 bits per heavy atom. The maximum Gasteiger partial charge on any atom is 0.00279 e. The van der Waals surface area contributed by atoms with Crippen LogP contribution in [0.5, 0.6) is 0 Å². The quantitative estimate of drug-likeness (QED) is 0.339. The fraction of sp³-hybridized carbons (Fsp3) is 0.545. The van der Waals surface area contributed by atoms with E-state index < -0.39 is 0 Å². The third kappa shape index (κ3) is 6.14. The van der Waals surface area contributed by atoms with E-state index in [1.54, 1.807) is 5.56 Å². The van der Waals surface area contributed by atoms with Gasteiger partial charge in [0.15, 0.2) is 0 Å². The first kappa shape index (κ1) is 18.3. The van der Waals surface area contributed by atoms with Crippen LogP contribution >= 0.6 is 0 Å². The normalized spacial score (nSPS) is 12.7. The van der Waals surface area contributed by atoms with Gasteiger partial charge in [-0.25, -0.2) is 0 Å². The summed E-state index contributed by atoms with van der Waals surface area (Å²) in [7, 11) is 1.39. The number of rotatable bonds is 11. The molecule has 0 aliphatic rings. The van der Waals surface area contributed by atoms with E-state index in [-0.39, 0.29) is 0 Å². The van der Waals surface area contributed by atoms with Crippen LogP contribution in [-0.4, -0.2) is 10.2 Å². The van der Waals surface area contributed by atoms with Gasteiger partial charge in [-0.05, 0) is 35.1 Å². The van der Waals surface area contributed by atoms with Crippen LogP contribution in [0.1, 0.15) is 76.2 Å². The molecular formula is C22H34Si. The van der Waals surface area contributed by atoms with Crippen molar-refractivity contribution in [3.05, 3.63) is 48.0 Å². The summed E-state index contributed by atoms with van der Waals surface area (Å²) in [5, 5.41) is 2.75. The fourth-order valence-corrected chi connectivity index (χ4v) is 4.09. The van der Waals surface area contributed by atoms with Crippen LogP contribution in [0.4, 0.5) is 0 Å². The Bertz CT molecular complexity index is 561. The minimum Gasteiger partial charge on any atom is -0.0658 e. The standard InChI is InChI=1S/C22H34Si/c1-2-19(12-8-6-4-3-5-7-11-17-23)22-16-15-20-13-9-10-14-21(20)18-22/h9-10,13-16,18-19H,2-8,11-12,17H2,1,23H3. The molecule has 2 aromatic rings. The summed E-state index contributed by atoms with van der Waals surface area (Å²) < 4.78 is 0. The summed E-state index contributed by atoms with van der Waals surface area (Å²) in [5.74, 6) is 0.740. The molecule has 1 unspecified atom stereocenters. The summed E-state index contributed by atoms with van der Waals surface area (Å²) >= 11 is 0. The molecule has 1 atom stereocenters. The van der Waals surface area contributed by atoms with Gasteiger partial charge < -0.3 is 0 Å². The van der Waals surface area contributed by atoms with Crippen molar-refractivity contribution >= 4 is 21.0 Å². The third-order valence-corrected chi connectivity index (χ3v) is 5.85. The summed E-state index contributed by atoms with van der Waals surface area (Å²) in [6.45, 7) is 2.34. The lowest BCUT2D eigenvalue weighted by atomic mass is 9.89. The summed E-state index contributed by atoms with van der Waals surface area (Å²) in [6, 6.07) is 17.3. The molecule has 1 heteroatoms. The van der Waals surface area contributed by atoms with E-state index in [1.165, 1.54) is 84.8 Å². The molecule has 0 heterocycles. The van der Waals surface area contributed by atoms with Gasteiger partial charge >= 0.3 is 0 Å². The largest absolute Gasteiger partial charge is 0.0658 e. The highest BCUT2D eigenvalue weighted by molar-refractivity contribution is 6.08. The molecule has 2 rings (SSSR count). The molecule has 0 aliphatic carbocycles. The minimum absolute atomic E-state index is 0.740. The van der Waals surface area contributed by atoms with Gasteiger partial charge in [0.2, 0.25) is 0 Å². The average Bonchev–Trinajstić information content (AvgIpc) is 2.60. The second-order valence-electron chi connectivity index (χ2n) is 6.98. The van der Waals surface area contributed by atoms with E-state index >= 15 is 0 Å². The van der Waals surface area contributed by atoms with Gasteiger partial charge in [-0.3, -0.25) is 0 Å². The highest BCUT2D eigenvalue weighted by atomic mass is 28.1. The predicted molar refractivity (Wildman–Crippen MR) is 109 cm³/mol. The Labute approximate surface area is 146 Å². The molecule has 126 valence electrons. The molecule has 0 bridgehead atoms. The topological polar surface area (TPSA) is 0 Å². The molecule has 0 spiro atoms. The van der Waals surface area contributed by atoms with Gasteiger partial charge in [0.25, 0.3) is 0 Å². The molecule has 23 heavy (non-hydrogen) atoms. The van der Waals surface area contributed by atoms with Crippen LogP contribution in [-0.2, 0) is 0 Å². The van der Waals surface area contributed by atoms with E-state index in [2.05, 4.69) is 49.4 Å². The van der Waals surface area contributed by atoms with Gasteiger partial charge in [0.05, 0.1) is 0 Å². The maximum atomic E-state index is 2.41. The van der Waals surface area contributed by atoms with E-state index in [1.807, 2.05) is 0 Å². The van der Waals surface area contributed by atoms with E-state index in [9.17, 15) is 0 Å². The Balaban J connectivity index is 1.75. The van der Waals surface area contributed by atoms with Gasteiger partial charge in [-0.1, -0.05) is 100 Å². The average molecular weight is 327 g/mol. The molecule has 0 N–H and O–H groups in total. The number of benzene rings is 2. The molecule has 0 saturated carbocycles. The van der Waals surface area contributed by atoms with Crippen molar-refractivity contribution in [1.29, 1.82) is 0 Å². The van der Waals surface area contributed by atoms with E-state index in [0.717, 1.165) is 5.92 Å². The first-order valence-electron chi connectivity index (χ1n) is 9.83. The Kier molecular flexibility index (Phi) is 8.45. The van der Waals surface area contributed by atoms with Crippen LogP contribution in [0, 0.1) is 0 Å². The van der Waals surface area contributed by atoms with Crippen molar-refractivity contribution in [2.24, 2.45) is 0 Å². The number of hydrogen-bond acceptors (Lipinski definition) is 0. The zero-order valence-electron chi connectivity index (χ0n) is 15.2. The van der Waals surface area contributed by atoms with Crippen LogP contribution in [0.15, 0.2) is 42.5 Å². The highest BCUT2D eigenvalue weighted by Gasteiger charge is 2.09. The lowest BCUT2D eigenvalue weighted by molar-refractivity contribution is 0.525. The summed E-state index contributed by atoms with van der Waals surface area (Å²) in [5.41, 5.74) is 1.54. The molecule has 0 amide bonds. The van der Waals surface area contributed by atoms with Crippen molar-refractivity contribution in [2.45, 2.75) is 76.7 Å². The predicted octanol–water partition coefficient (Wildman–Crippen LogP) is 6.24. The Hall–Kier alpha value is -1.08. The molecule has 0 fully saturated rings. The van der Waals surface area contributed by atoms with Crippen molar-refractivity contribution < 1.29 is 0 Å². The van der Waals surface area contributed by atoms with Gasteiger partial charge in [-0.2, -0.15) is 0 Å². The maximum absolute atomic E-state index is 2.41. The second kappa shape index (κ2) is 10.6. The third-order valence-electron chi connectivity index (χ3n) is 5.14. The second-order valence-corrected chi connectivity index (χ2v) is 7.98. The van der Waals surface area contributed by atoms with Crippen LogP contribution in [0.2, 0.25) is 6.04 Å². The minimum atomic E-state index is 0.740. The highest BCUT2D eigenvalue weighted by Crippen LogP contribution is 2.28. The number of fused-ring (bicyclic) bond motifs is 1. The first-order chi connectivity index (χ1) is 11.3. The van der Waals surface area contributed by atoms with Crippen molar-refractivity contribution in [3.63, 3.8) is 0 Å². The zero-order chi connectivity index (χ0) is 16.3. The molecule has 0 aromatic heterocycles. The first-order valence-corrected chi connectivity index (χ1v) is 11.2. The zero-order valence-corrected chi connectivity index (χ0v) is 17.2. The molecule has 2 aromatic carbocycles. The van der Waals surface area contributed by atoms with E-state index in [0.29, 0.717) is 0 Å². The monoisotopic (exact) mass is 326 g/mol. The summed E-state index contributed by atoms with van der Waals surface area (Å²) in [4.78, 5) is 0. The molecule has 0 radical (unpaired) electrons. The van der Waals surface area contributed by atoms with Gasteiger partial charge in [-0.15, -0.1) is 0 Å². The fourth-order valence-electron chi connectivity index (χ4n) is 3.59. The SMILES string of the molecule is CCC(CCCCCCCCC[SiH3])c1ccc2ccccc2c1. The number of unbranched alkanes of at least 4 members (excludes halogenated alkanes) is 6. The smallest absolute Gasteiger partial charge is 0.00279 e. The number of hydrogen-bond donors (Lipinski definition) is 0. The van der Waals surface area contributed by atoms with Crippen molar-refractivity contribution in [3.8, 4) is 0 Å². The Morgan fingerprint density at radius 1 is 0.783 bits per heavy atom. The van der Waals surface area contributed by atoms with Crippen LogP contribution in [0.25, 0.3) is 10.8 Å². The van der Waals surface area contributed by atoms with E-state index in [4.69, 9.17) is 0 Å². The van der Waals surface area contributed by atoms with Crippen LogP contribution < -0.4 is 0 Å². The lowest BCUT2D eigenvalue weighted by Gasteiger charge is -2.16. The van der Waals surface area contributed by atoms with Gasteiger partial charge in [0, 0.05) is 10.2 Å². The Morgan fingerprint density at radius 3 is 2.13 bits per heavy atom. The van der Waals surface area contributed by atoms with Crippen LogP contribution in [0.3, 0.4) is 0 Å². The molecule has 0 aliphatic heterocycles. The lowest BCUT2D eigenvalue weighted by Crippen LogP contribution is -1.97. The van der Waals surface area contributed by atoms with Crippen molar-refractivity contribution in [1.82, 2.24) is 0 Å². The van der Waals surface area contributed by atoms with Crippen molar-refractivity contribution in [2.75, 3.05) is 0 Å².